The lowest BCUT2D eigenvalue weighted by Gasteiger charge is -2.09. The Bertz CT molecular complexity index is 945. The van der Waals surface area contributed by atoms with Gasteiger partial charge in [-0.05, 0) is 10.8 Å². The van der Waals surface area contributed by atoms with E-state index < -0.39 is 23.3 Å². The quantitative estimate of drug-likeness (QED) is 0.535. The molecule has 0 aliphatic heterocycles. The zero-order valence-corrected chi connectivity index (χ0v) is 12.2. The summed E-state index contributed by atoms with van der Waals surface area (Å²) in [4.78, 5) is 37.9. The van der Waals surface area contributed by atoms with Crippen LogP contribution in [0.1, 0.15) is 31.1 Å². The van der Waals surface area contributed by atoms with E-state index >= 15 is 0 Å². The maximum Gasteiger partial charge on any atom is 0.182 e. The largest absolute Gasteiger partial charge is 0.293 e. The fourth-order valence-electron chi connectivity index (χ4n) is 3.18. The summed E-state index contributed by atoms with van der Waals surface area (Å²) in [5.41, 5.74) is 1.11. The smallest absolute Gasteiger partial charge is 0.182 e. The molecule has 3 heteroatoms. The van der Waals surface area contributed by atoms with Crippen molar-refractivity contribution in [3.63, 3.8) is 0 Å². The molecule has 0 heterocycles. The Morgan fingerprint density at radius 1 is 0.696 bits per heavy atom. The first-order valence-electron chi connectivity index (χ1n) is 7.38. The second kappa shape index (κ2) is 4.99. The van der Waals surface area contributed by atoms with Gasteiger partial charge in [-0.15, -0.1) is 0 Å². The predicted molar refractivity (Wildman–Crippen MR) is 86.9 cm³/mol. The van der Waals surface area contributed by atoms with Crippen LogP contribution in [0.15, 0.2) is 66.7 Å². The van der Waals surface area contributed by atoms with Crippen molar-refractivity contribution in [1.29, 1.82) is 0 Å². The van der Waals surface area contributed by atoms with E-state index in [1.165, 1.54) is 0 Å². The molecule has 0 unspecified atom stereocenters. The lowest BCUT2D eigenvalue weighted by atomic mass is 9.90. The average molecular weight is 300 g/mol. The van der Waals surface area contributed by atoms with Crippen LogP contribution in [0, 0.1) is 5.92 Å². The molecule has 1 aliphatic rings. The molecule has 23 heavy (non-hydrogen) atoms. The molecule has 0 spiro atoms. The average Bonchev–Trinajstić information content (AvgIpc) is 2.85. The summed E-state index contributed by atoms with van der Waals surface area (Å²) >= 11 is 0. The van der Waals surface area contributed by atoms with Gasteiger partial charge in [0.1, 0.15) is 5.92 Å². The third-order valence-corrected chi connectivity index (χ3v) is 4.30. The SMILES string of the molecule is O=C1c2ccccc2C(=O)C1C(=O)c1cccc2ccccc12. The highest BCUT2D eigenvalue weighted by molar-refractivity contribution is 6.38. The molecule has 3 aromatic rings. The maximum atomic E-state index is 12.9. The number of hydrogen-bond donors (Lipinski definition) is 0. The van der Waals surface area contributed by atoms with Gasteiger partial charge < -0.3 is 0 Å². The zero-order chi connectivity index (χ0) is 16.0. The van der Waals surface area contributed by atoms with Gasteiger partial charge in [0.2, 0.25) is 0 Å². The molecular formula is C20H12O3. The normalized spacial score (nSPS) is 14.3. The van der Waals surface area contributed by atoms with E-state index in [1.54, 1.807) is 36.4 Å². The van der Waals surface area contributed by atoms with Crippen LogP contribution < -0.4 is 0 Å². The van der Waals surface area contributed by atoms with E-state index in [1.807, 2.05) is 30.3 Å². The minimum atomic E-state index is -1.25. The number of hydrogen-bond acceptors (Lipinski definition) is 3. The van der Waals surface area contributed by atoms with Crippen molar-refractivity contribution in [3.8, 4) is 0 Å². The first-order valence-corrected chi connectivity index (χ1v) is 7.38. The van der Waals surface area contributed by atoms with Gasteiger partial charge >= 0.3 is 0 Å². The molecular weight excluding hydrogens is 288 g/mol. The molecule has 0 amide bonds. The monoisotopic (exact) mass is 300 g/mol. The summed E-state index contributed by atoms with van der Waals surface area (Å²) < 4.78 is 0. The summed E-state index contributed by atoms with van der Waals surface area (Å²) in [5, 5.41) is 1.67. The first kappa shape index (κ1) is 13.6. The second-order valence-electron chi connectivity index (χ2n) is 5.60. The van der Waals surface area contributed by atoms with Crippen molar-refractivity contribution in [1.82, 2.24) is 0 Å². The van der Waals surface area contributed by atoms with E-state index in [-0.39, 0.29) is 0 Å². The minimum Gasteiger partial charge on any atom is -0.293 e. The Balaban J connectivity index is 1.84. The number of fused-ring (bicyclic) bond motifs is 2. The topological polar surface area (TPSA) is 51.2 Å². The Kier molecular flexibility index (Phi) is 2.95. The molecule has 0 aromatic heterocycles. The fraction of sp³-hybridized carbons (Fsp3) is 0.0500. The summed E-state index contributed by atoms with van der Waals surface area (Å²) in [6.07, 6.45) is 0. The van der Waals surface area contributed by atoms with Crippen LogP contribution in [0.25, 0.3) is 10.8 Å². The Morgan fingerprint density at radius 3 is 1.96 bits per heavy atom. The van der Waals surface area contributed by atoms with Crippen LogP contribution in [-0.2, 0) is 0 Å². The predicted octanol–water partition coefficient (Wildman–Crippen LogP) is 3.72. The maximum absolute atomic E-state index is 12.9. The van der Waals surface area contributed by atoms with Crippen LogP contribution in [0.2, 0.25) is 0 Å². The van der Waals surface area contributed by atoms with Gasteiger partial charge in [0, 0.05) is 16.7 Å². The third kappa shape index (κ3) is 1.94. The molecule has 0 N–H and O–H groups in total. The standard InChI is InChI=1S/C20H12O3/c21-18(14-11-5-7-12-6-1-2-8-13(12)14)17-19(22)15-9-3-4-10-16(15)20(17)23/h1-11,17H. The Labute approximate surface area is 132 Å². The molecule has 0 bridgehead atoms. The van der Waals surface area contributed by atoms with Crippen LogP contribution in [0.5, 0.6) is 0 Å². The molecule has 1 aliphatic carbocycles. The number of carbonyl (C=O) groups is 3. The van der Waals surface area contributed by atoms with Crippen LogP contribution in [-0.4, -0.2) is 17.3 Å². The van der Waals surface area contributed by atoms with Gasteiger partial charge in [-0.2, -0.15) is 0 Å². The van der Waals surface area contributed by atoms with Crippen LogP contribution in [0.4, 0.5) is 0 Å². The van der Waals surface area contributed by atoms with Crippen molar-refractivity contribution in [2.45, 2.75) is 0 Å². The van der Waals surface area contributed by atoms with Crippen LogP contribution >= 0.6 is 0 Å². The molecule has 110 valence electrons. The Morgan fingerprint density at radius 2 is 1.26 bits per heavy atom. The Hall–Kier alpha value is -3.07. The summed E-state index contributed by atoms with van der Waals surface area (Å²) in [6.45, 7) is 0. The van der Waals surface area contributed by atoms with Crippen molar-refractivity contribution in [2.24, 2.45) is 5.92 Å². The van der Waals surface area contributed by atoms with Gasteiger partial charge in [0.15, 0.2) is 17.3 Å². The fourth-order valence-corrected chi connectivity index (χ4v) is 3.18. The highest BCUT2D eigenvalue weighted by Crippen LogP contribution is 2.31. The molecule has 3 aromatic carbocycles. The van der Waals surface area contributed by atoms with Crippen LogP contribution in [0.3, 0.4) is 0 Å². The third-order valence-electron chi connectivity index (χ3n) is 4.30. The summed E-state index contributed by atoms with van der Waals surface area (Å²) in [6, 6.07) is 19.4. The molecule has 4 rings (SSSR count). The zero-order valence-electron chi connectivity index (χ0n) is 12.2. The minimum absolute atomic E-state index is 0.344. The lowest BCUT2D eigenvalue weighted by molar-refractivity contribution is 0.0757. The second-order valence-corrected chi connectivity index (χ2v) is 5.60. The lowest BCUT2D eigenvalue weighted by Crippen LogP contribution is -2.25. The summed E-state index contributed by atoms with van der Waals surface area (Å²) in [5.74, 6) is -2.47. The van der Waals surface area contributed by atoms with Gasteiger partial charge in [0.05, 0.1) is 0 Å². The van der Waals surface area contributed by atoms with Crippen molar-refractivity contribution >= 4 is 28.1 Å². The molecule has 0 radical (unpaired) electrons. The van der Waals surface area contributed by atoms with E-state index in [9.17, 15) is 14.4 Å². The molecule has 0 atom stereocenters. The van der Waals surface area contributed by atoms with Gasteiger partial charge in [-0.1, -0.05) is 66.7 Å². The van der Waals surface area contributed by atoms with E-state index in [4.69, 9.17) is 0 Å². The molecule has 0 saturated carbocycles. The van der Waals surface area contributed by atoms with Gasteiger partial charge in [-0.3, -0.25) is 14.4 Å². The molecule has 0 fully saturated rings. The van der Waals surface area contributed by atoms with Crippen molar-refractivity contribution in [3.05, 3.63) is 83.4 Å². The first-order chi connectivity index (χ1) is 11.2. The van der Waals surface area contributed by atoms with Gasteiger partial charge in [0.25, 0.3) is 0 Å². The highest BCUT2D eigenvalue weighted by atomic mass is 16.2. The van der Waals surface area contributed by atoms with Gasteiger partial charge in [-0.25, -0.2) is 0 Å². The number of Topliss-reactive ketones (excluding diaryl/α,β-unsaturated/α-hetero) is 3. The highest BCUT2D eigenvalue weighted by Gasteiger charge is 2.43. The molecule has 0 saturated heterocycles. The molecule has 3 nitrogen and oxygen atoms in total. The number of ketones is 3. The van der Waals surface area contributed by atoms with Crippen molar-refractivity contribution in [2.75, 3.05) is 0 Å². The summed E-state index contributed by atoms with van der Waals surface area (Å²) in [7, 11) is 0. The number of rotatable bonds is 2. The number of benzene rings is 3. The van der Waals surface area contributed by atoms with E-state index in [0.29, 0.717) is 16.7 Å². The van der Waals surface area contributed by atoms with Crippen molar-refractivity contribution < 1.29 is 14.4 Å². The number of carbonyl (C=O) groups excluding carboxylic acids is 3. The van der Waals surface area contributed by atoms with E-state index in [2.05, 4.69) is 0 Å². The van der Waals surface area contributed by atoms with E-state index in [0.717, 1.165) is 10.8 Å².